The first-order valence-electron chi connectivity index (χ1n) is 20.3. The minimum absolute atomic E-state index is 0.107. The van der Waals surface area contributed by atoms with Gasteiger partial charge >= 0.3 is 5.97 Å². The van der Waals surface area contributed by atoms with Crippen molar-refractivity contribution >= 4 is 39.6 Å². The molecule has 3 heterocycles. The van der Waals surface area contributed by atoms with Gasteiger partial charge in [-0.2, -0.15) is 0 Å². The number of likely N-dealkylation sites (tertiary alicyclic amines) is 1. The second-order valence-corrected chi connectivity index (χ2v) is 20.2. The number of nitrogens with one attached hydrogen (secondary N) is 2. The highest BCUT2D eigenvalue weighted by molar-refractivity contribution is 7.91. The molecule has 7 rings (SSSR count). The number of nitrogens with zero attached hydrogens (tertiary/aromatic N) is 2. The first-order chi connectivity index (χ1) is 27.3. The number of hydrogen-bond donors (Lipinski definition) is 3. The lowest BCUT2D eigenvalue weighted by atomic mass is 9.92. The number of hydrogen-bond acceptors (Lipinski definition) is 9. The number of carbonyl (C=O) groups is 5. The largest absolute Gasteiger partial charge is 0.505 e. The molecule has 0 unspecified atom stereocenters. The lowest BCUT2D eigenvalue weighted by Gasteiger charge is -2.33. The van der Waals surface area contributed by atoms with Crippen molar-refractivity contribution in [2.45, 2.75) is 107 Å². The maximum absolute atomic E-state index is 14.8. The molecule has 2 aromatic rings. The topological polar surface area (TPSA) is 179 Å². The standard InChI is InChI=1S/C43H53FN4O9S/c1-41(2,3)57-35(50)21-29-11-8-6-5-7-9-14-31-22-43(31,40(54)46-58(55,56)42(4)17-18-42)45-37(51)36-32-25-47(23-30(32)24-48(36)39(29)53)38(52)28-13-10-12-26(19-28)27-15-16-34(49)33(44)20-27/h9-10,12-16,19-20,29-32,36,49H,5-8,11,17-18,21-25H2,1-4H3,(H,45,51)(H,46,54)/b14-9-/t29-,30+,31-,32+,36+,43-/m1/s1. The average molecular weight is 821 g/mol. The maximum Gasteiger partial charge on any atom is 0.307 e. The number of phenolic OH excluding ortho intramolecular Hbond substituents is 1. The van der Waals surface area contributed by atoms with E-state index in [2.05, 4.69) is 10.0 Å². The quantitative estimate of drug-likeness (QED) is 0.261. The fourth-order valence-corrected chi connectivity index (χ4v) is 10.1. The van der Waals surface area contributed by atoms with Gasteiger partial charge in [0.05, 0.1) is 11.2 Å². The van der Waals surface area contributed by atoms with E-state index in [-0.39, 0.29) is 50.2 Å². The SMILES string of the molecule is CC(C)(C)OC(=O)C[C@H]1CCCCC/C=C\[C@@H]2C[C@@]2(C(=O)NS(=O)(=O)C2(C)CC2)NC(=O)[C@@H]2[C@H]3CN(C(=O)c4cccc(-c5ccc(O)c(F)c5)c4)C[C@H]3CN2C1=O. The smallest absolute Gasteiger partial charge is 0.307 e. The van der Waals surface area contributed by atoms with E-state index in [1.54, 1.807) is 62.9 Å². The van der Waals surface area contributed by atoms with Crippen molar-refractivity contribution in [3.8, 4) is 16.9 Å². The van der Waals surface area contributed by atoms with Gasteiger partial charge in [-0.1, -0.05) is 43.2 Å². The van der Waals surface area contributed by atoms with Crippen LogP contribution < -0.4 is 10.0 Å². The number of esters is 1. The van der Waals surface area contributed by atoms with Crippen molar-refractivity contribution in [3.63, 3.8) is 0 Å². The summed E-state index contributed by atoms with van der Waals surface area (Å²) in [5.74, 6) is -6.06. The summed E-state index contributed by atoms with van der Waals surface area (Å²) >= 11 is 0. The van der Waals surface area contributed by atoms with E-state index >= 15 is 0 Å². The zero-order chi connectivity index (χ0) is 41.8. The summed E-state index contributed by atoms with van der Waals surface area (Å²) in [6, 6.07) is 9.53. The molecule has 0 bridgehead atoms. The molecule has 2 saturated heterocycles. The Morgan fingerprint density at radius 2 is 1.76 bits per heavy atom. The first kappa shape index (κ1) is 41.4. The third-order valence-corrected chi connectivity index (χ3v) is 14.6. The molecule has 4 fully saturated rings. The molecule has 0 spiro atoms. The van der Waals surface area contributed by atoms with Crippen LogP contribution >= 0.6 is 0 Å². The monoisotopic (exact) mass is 820 g/mol. The molecule has 6 atom stereocenters. The predicted octanol–water partition coefficient (Wildman–Crippen LogP) is 4.84. The molecule has 4 amide bonds. The summed E-state index contributed by atoms with van der Waals surface area (Å²) in [6.45, 7) is 7.28. The van der Waals surface area contributed by atoms with Gasteiger partial charge in [0.25, 0.3) is 11.8 Å². The van der Waals surface area contributed by atoms with Gasteiger partial charge in [0.2, 0.25) is 21.8 Å². The van der Waals surface area contributed by atoms with Gasteiger partial charge in [-0.25, -0.2) is 12.8 Å². The number of benzene rings is 2. The van der Waals surface area contributed by atoms with E-state index in [9.17, 15) is 41.9 Å². The number of amides is 4. The van der Waals surface area contributed by atoms with Crippen molar-refractivity contribution in [2.75, 3.05) is 19.6 Å². The third-order valence-electron chi connectivity index (χ3n) is 12.5. The molecule has 15 heteroatoms. The number of rotatable bonds is 7. The molecule has 58 heavy (non-hydrogen) atoms. The number of sulfonamides is 1. The lowest BCUT2D eigenvalue weighted by Crippen LogP contribution is -2.59. The third kappa shape index (κ3) is 8.37. The van der Waals surface area contributed by atoms with Gasteiger partial charge in [0.1, 0.15) is 17.2 Å². The van der Waals surface area contributed by atoms with E-state index in [0.717, 1.165) is 12.8 Å². The zero-order valence-corrected chi connectivity index (χ0v) is 34.3. The highest BCUT2D eigenvalue weighted by Crippen LogP contribution is 2.48. The Labute approximate surface area is 338 Å². The van der Waals surface area contributed by atoms with Gasteiger partial charge in [-0.15, -0.1) is 0 Å². The molecule has 0 aromatic heterocycles. The van der Waals surface area contributed by atoms with Crippen LogP contribution in [0.4, 0.5) is 4.39 Å². The Bertz CT molecular complexity index is 2150. The van der Waals surface area contributed by atoms with Crippen molar-refractivity contribution in [1.29, 1.82) is 0 Å². The van der Waals surface area contributed by atoms with Gasteiger partial charge in [0.15, 0.2) is 11.6 Å². The Morgan fingerprint density at radius 3 is 2.47 bits per heavy atom. The number of carbonyl (C=O) groups excluding carboxylic acids is 5. The van der Waals surface area contributed by atoms with Crippen molar-refractivity contribution in [1.82, 2.24) is 19.8 Å². The first-order valence-corrected chi connectivity index (χ1v) is 21.8. The van der Waals surface area contributed by atoms with Crippen LogP contribution in [0.15, 0.2) is 54.6 Å². The molecule has 2 aromatic carbocycles. The maximum atomic E-state index is 14.8. The van der Waals surface area contributed by atoms with Crippen LogP contribution in [0.2, 0.25) is 0 Å². The molecule has 2 aliphatic carbocycles. The number of ether oxygens (including phenoxy) is 1. The van der Waals surface area contributed by atoms with Crippen LogP contribution in [0.5, 0.6) is 5.75 Å². The van der Waals surface area contributed by atoms with Gasteiger partial charge < -0.3 is 25.0 Å². The van der Waals surface area contributed by atoms with Crippen LogP contribution in [-0.2, 0) is 33.9 Å². The van der Waals surface area contributed by atoms with Gasteiger partial charge in [-0.3, -0.25) is 28.7 Å². The Hall–Kier alpha value is -4.79. The minimum Gasteiger partial charge on any atom is -0.505 e. The fraction of sp³-hybridized carbons (Fsp3) is 0.558. The van der Waals surface area contributed by atoms with E-state index in [0.29, 0.717) is 48.8 Å². The van der Waals surface area contributed by atoms with Crippen molar-refractivity contribution in [2.24, 2.45) is 23.7 Å². The molecular formula is C43H53FN4O9S. The Balaban J connectivity index is 1.18. The number of halogens is 1. The van der Waals surface area contributed by atoms with Crippen LogP contribution in [0.1, 0.15) is 95.8 Å². The molecule has 5 aliphatic rings. The lowest BCUT2D eigenvalue weighted by molar-refractivity contribution is -0.159. The number of aromatic hydroxyl groups is 1. The molecule has 13 nitrogen and oxygen atoms in total. The second-order valence-electron chi connectivity index (χ2n) is 18.0. The predicted molar refractivity (Wildman–Crippen MR) is 212 cm³/mol. The summed E-state index contributed by atoms with van der Waals surface area (Å²) in [7, 11) is -4.03. The summed E-state index contributed by atoms with van der Waals surface area (Å²) in [5, 5.41) is 12.6. The normalized spacial score (nSPS) is 28.8. The molecule has 312 valence electrons. The van der Waals surface area contributed by atoms with E-state index in [4.69, 9.17) is 4.74 Å². The van der Waals surface area contributed by atoms with Crippen LogP contribution in [0, 0.1) is 29.5 Å². The summed E-state index contributed by atoms with van der Waals surface area (Å²) in [5.41, 5.74) is -0.966. The fourth-order valence-electron chi connectivity index (χ4n) is 8.75. The zero-order valence-electron chi connectivity index (χ0n) is 33.5. The highest BCUT2D eigenvalue weighted by atomic mass is 32.2. The van der Waals surface area contributed by atoms with Crippen LogP contribution in [0.25, 0.3) is 11.1 Å². The molecule has 3 aliphatic heterocycles. The number of allylic oxidation sites excluding steroid dienone is 1. The number of phenols is 1. The van der Waals surface area contributed by atoms with E-state index < -0.39 is 79.1 Å². The van der Waals surface area contributed by atoms with Gasteiger partial charge in [0, 0.05) is 48.9 Å². The van der Waals surface area contributed by atoms with Crippen LogP contribution in [-0.4, -0.2) is 94.5 Å². The highest BCUT2D eigenvalue weighted by Gasteiger charge is 2.64. The summed E-state index contributed by atoms with van der Waals surface area (Å²) in [4.78, 5) is 73.7. The molecule has 3 N–H and O–H groups in total. The van der Waals surface area contributed by atoms with Gasteiger partial charge in [-0.05, 0) is 102 Å². The Kier molecular flexibility index (Phi) is 11.0. The second kappa shape index (κ2) is 15.4. The average Bonchev–Trinajstić information content (AvgIpc) is 3.98. The molecule has 2 saturated carbocycles. The van der Waals surface area contributed by atoms with Crippen molar-refractivity contribution in [3.05, 3.63) is 66.0 Å². The summed E-state index contributed by atoms with van der Waals surface area (Å²) in [6.07, 6.45) is 7.95. The minimum atomic E-state index is -4.03. The molecule has 0 radical (unpaired) electrons. The van der Waals surface area contributed by atoms with E-state index in [1.165, 1.54) is 17.0 Å². The van der Waals surface area contributed by atoms with Crippen molar-refractivity contribution < 1.29 is 46.6 Å². The Morgan fingerprint density at radius 1 is 1.02 bits per heavy atom. The summed E-state index contributed by atoms with van der Waals surface area (Å²) < 4.78 is 47.5. The molecular weight excluding hydrogens is 768 g/mol. The number of fused-ring (bicyclic) bond motifs is 4. The van der Waals surface area contributed by atoms with E-state index in [1.807, 2.05) is 12.2 Å². The van der Waals surface area contributed by atoms with Crippen LogP contribution in [0.3, 0.4) is 0 Å².